The standard InChI is InChI=1S/C23H27ClF3N3O3/c1-21(2,3)33-20(31)30-9-6-22(7-10-30,16-5-4-8-28-13-16)15-32-14-18-11-17(23(25,26)27)12-19(24)29-18/h4-5,8,11-13H,6-7,9-10,14-15H2,1-3H3. The molecule has 0 unspecified atom stereocenters. The largest absolute Gasteiger partial charge is 0.444 e. The van der Waals surface area contributed by atoms with Gasteiger partial charge in [-0.2, -0.15) is 13.2 Å². The van der Waals surface area contributed by atoms with Gasteiger partial charge in [-0.3, -0.25) is 4.98 Å². The molecule has 0 aromatic carbocycles. The van der Waals surface area contributed by atoms with Crippen LogP contribution in [0.3, 0.4) is 0 Å². The molecule has 0 radical (unpaired) electrons. The van der Waals surface area contributed by atoms with Gasteiger partial charge in [0.15, 0.2) is 0 Å². The second-order valence-corrected chi connectivity index (χ2v) is 9.54. The van der Waals surface area contributed by atoms with Gasteiger partial charge in [0.05, 0.1) is 24.5 Å². The fourth-order valence-electron chi connectivity index (χ4n) is 3.78. The summed E-state index contributed by atoms with van der Waals surface area (Å²) < 4.78 is 50.5. The van der Waals surface area contributed by atoms with Gasteiger partial charge in [-0.15, -0.1) is 0 Å². The fraction of sp³-hybridized carbons (Fsp3) is 0.522. The number of likely N-dealkylation sites (tertiary alicyclic amines) is 1. The second kappa shape index (κ2) is 9.85. The Balaban J connectivity index is 1.71. The third kappa shape index (κ3) is 6.80. The summed E-state index contributed by atoms with van der Waals surface area (Å²) in [7, 11) is 0. The van der Waals surface area contributed by atoms with Crippen molar-refractivity contribution < 1.29 is 27.4 Å². The van der Waals surface area contributed by atoms with Gasteiger partial charge in [-0.1, -0.05) is 17.7 Å². The smallest absolute Gasteiger partial charge is 0.416 e. The Morgan fingerprint density at radius 2 is 1.91 bits per heavy atom. The van der Waals surface area contributed by atoms with Crippen LogP contribution in [0.5, 0.6) is 0 Å². The van der Waals surface area contributed by atoms with Crippen molar-refractivity contribution in [3.63, 3.8) is 0 Å². The van der Waals surface area contributed by atoms with Crippen LogP contribution in [-0.4, -0.2) is 46.3 Å². The van der Waals surface area contributed by atoms with Crippen LogP contribution in [0.1, 0.15) is 50.4 Å². The molecule has 0 spiro atoms. The summed E-state index contributed by atoms with van der Waals surface area (Å²) in [5.41, 5.74) is -0.852. The molecule has 33 heavy (non-hydrogen) atoms. The number of piperidine rings is 1. The van der Waals surface area contributed by atoms with Gasteiger partial charge in [-0.05, 0) is 57.4 Å². The van der Waals surface area contributed by atoms with Crippen LogP contribution in [0.15, 0.2) is 36.7 Å². The molecule has 2 aromatic heterocycles. The molecule has 0 atom stereocenters. The van der Waals surface area contributed by atoms with Crippen LogP contribution in [0.25, 0.3) is 0 Å². The predicted octanol–water partition coefficient (Wildman–Crippen LogP) is 5.63. The van der Waals surface area contributed by atoms with E-state index in [1.807, 2.05) is 32.9 Å². The highest BCUT2D eigenvalue weighted by Crippen LogP contribution is 2.36. The van der Waals surface area contributed by atoms with E-state index in [4.69, 9.17) is 21.1 Å². The van der Waals surface area contributed by atoms with E-state index >= 15 is 0 Å². The number of carbonyl (C=O) groups excluding carboxylic acids is 1. The SMILES string of the molecule is CC(C)(C)OC(=O)N1CCC(COCc2cc(C(F)(F)F)cc(Cl)n2)(c2cccnc2)CC1. The Morgan fingerprint density at radius 3 is 2.48 bits per heavy atom. The Hall–Kier alpha value is -2.39. The van der Waals surface area contributed by atoms with Crippen LogP contribution in [0.4, 0.5) is 18.0 Å². The maximum atomic E-state index is 13.1. The molecule has 0 saturated carbocycles. The Labute approximate surface area is 196 Å². The highest BCUT2D eigenvalue weighted by atomic mass is 35.5. The van der Waals surface area contributed by atoms with E-state index in [0.717, 1.165) is 17.7 Å². The van der Waals surface area contributed by atoms with Gasteiger partial charge < -0.3 is 14.4 Å². The van der Waals surface area contributed by atoms with Crippen LogP contribution in [-0.2, 0) is 27.7 Å². The van der Waals surface area contributed by atoms with Crippen LogP contribution >= 0.6 is 11.6 Å². The molecule has 0 N–H and O–H groups in total. The van der Waals surface area contributed by atoms with E-state index in [0.29, 0.717) is 25.9 Å². The molecular formula is C23H27ClF3N3O3. The first-order valence-corrected chi connectivity index (χ1v) is 11.0. The van der Waals surface area contributed by atoms with Gasteiger partial charge in [-0.25, -0.2) is 9.78 Å². The minimum atomic E-state index is -4.52. The highest BCUT2D eigenvalue weighted by Gasteiger charge is 2.39. The molecule has 1 amide bonds. The second-order valence-electron chi connectivity index (χ2n) is 9.15. The number of hydrogen-bond acceptors (Lipinski definition) is 5. The van der Waals surface area contributed by atoms with Crippen molar-refractivity contribution >= 4 is 17.7 Å². The molecule has 1 fully saturated rings. The van der Waals surface area contributed by atoms with E-state index in [-0.39, 0.29) is 30.2 Å². The summed E-state index contributed by atoms with van der Waals surface area (Å²) in [6.45, 7) is 6.48. The third-order valence-corrected chi connectivity index (χ3v) is 5.64. The van der Waals surface area contributed by atoms with Gasteiger partial charge >= 0.3 is 12.3 Å². The molecule has 1 saturated heterocycles. The van der Waals surface area contributed by atoms with Crippen molar-refractivity contribution in [2.24, 2.45) is 0 Å². The number of amides is 1. The number of halogens is 4. The van der Waals surface area contributed by atoms with Gasteiger partial charge in [0.2, 0.25) is 0 Å². The van der Waals surface area contributed by atoms with Crippen molar-refractivity contribution in [3.8, 4) is 0 Å². The quantitative estimate of drug-likeness (QED) is 0.513. The van der Waals surface area contributed by atoms with Gasteiger partial charge in [0.25, 0.3) is 0 Å². The lowest BCUT2D eigenvalue weighted by molar-refractivity contribution is -0.137. The zero-order valence-corrected chi connectivity index (χ0v) is 19.5. The van der Waals surface area contributed by atoms with Crippen LogP contribution in [0, 0.1) is 0 Å². The molecule has 1 aliphatic rings. The van der Waals surface area contributed by atoms with Crippen molar-refractivity contribution in [2.75, 3.05) is 19.7 Å². The normalized spacial score (nSPS) is 16.5. The van der Waals surface area contributed by atoms with Crippen molar-refractivity contribution in [3.05, 3.63) is 58.6 Å². The maximum Gasteiger partial charge on any atom is 0.416 e. The first kappa shape index (κ1) is 25.2. The first-order valence-electron chi connectivity index (χ1n) is 10.6. The number of rotatable bonds is 5. The summed E-state index contributed by atoms with van der Waals surface area (Å²) in [6.07, 6.45) is -0.282. The molecule has 3 heterocycles. The molecule has 10 heteroatoms. The lowest BCUT2D eigenvalue weighted by Gasteiger charge is -2.42. The zero-order valence-electron chi connectivity index (χ0n) is 18.8. The van der Waals surface area contributed by atoms with E-state index in [1.54, 1.807) is 17.3 Å². The molecule has 0 aliphatic carbocycles. The number of alkyl halides is 3. The summed E-state index contributed by atoms with van der Waals surface area (Å²) in [5.74, 6) is 0. The molecule has 6 nitrogen and oxygen atoms in total. The topological polar surface area (TPSA) is 64.5 Å². The molecular weight excluding hydrogens is 459 g/mol. The summed E-state index contributed by atoms with van der Waals surface area (Å²) in [5, 5.41) is -0.240. The number of aromatic nitrogens is 2. The highest BCUT2D eigenvalue weighted by molar-refractivity contribution is 6.29. The third-order valence-electron chi connectivity index (χ3n) is 5.45. The average Bonchev–Trinajstić information content (AvgIpc) is 2.72. The number of pyridine rings is 2. The number of ether oxygens (including phenoxy) is 2. The molecule has 2 aromatic rings. The Bertz CT molecular complexity index is 957. The van der Waals surface area contributed by atoms with E-state index in [1.165, 1.54) is 0 Å². The fourth-order valence-corrected chi connectivity index (χ4v) is 4.00. The Kier molecular flexibility index (Phi) is 7.53. The van der Waals surface area contributed by atoms with E-state index < -0.39 is 22.8 Å². The maximum absolute atomic E-state index is 13.1. The predicted molar refractivity (Wildman–Crippen MR) is 117 cm³/mol. The van der Waals surface area contributed by atoms with E-state index in [9.17, 15) is 18.0 Å². The molecule has 0 bridgehead atoms. The minimum Gasteiger partial charge on any atom is -0.444 e. The van der Waals surface area contributed by atoms with Crippen LogP contribution < -0.4 is 0 Å². The summed E-state index contributed by atoms with van der Waals surface area (Å²) in [6, 6.07) is 5.49. The summed E-state index contributed by atoms with van der Waals surface area (Å²) >= 11 is 5.77. The molecule has 1 aliphatic heterocycles. The summed E-state index contributed by atoms with van der Waals surface area (Å²) in [4.78, 5) is 22.3. The van der Waals surface area contributed by atoms with Gasteiger partial charge in [0.1, 0.15) is 10.8 Å². The van der Waals surface area contributed by atoms with Gasteiger partial charge in [0, 0.05) is 30.9 Å². The average molecular weight is 486 g/mol. The first-order chi connectivity index (χ1) is 15.4. The zero-order chi connectivity index (χ0) is 24.3. The number of nitrogens with zero attached hydrogens (tertiary/aromatic N) is 3. The monoisotopic (exact) mass is 485 g/mol. The molecule has 3 rings (SSSR count). The van der Waals surface area contributed by atoms with E-state index in [2.05, 4.69) is 9.97 Å². The lowest BCUT2D eigenvalue weighted by atomic mass is 9.74. The number of hydrogen-bond donors (Lipinski definition) is 0. The lowest BCUT2D eigenvalue weighted by Crippen LogP contribution is -2.48. The van der Waals surface area contributed by atoms with Crippen LogP contribution in [0.2, 0.25) is 5.15 Å². The van der Waals surface area contributed by atoms with Crippen molar-refractivity contribution in [1.29, 1.82) is 0 Å². The minimum absolute atomic E-state index is 0.0994. The number of carbonyl (C=O) groups is 1. The van der Waals surface area contributed by atoms with Crippen molar-refractivity contribution in [1.82, 2.24) is 14.9 Å². The van der Waals surface area contributed by atoms with Crippen molar-refractivity contribution in [2.45, 2.75) is 57.4 Å². The molecule has 180 valence electrons. The Morgan fingerprint density at radius 1 is 1.21 bits per heavy atom.